The van der Waals surface area contributed by atoms with Crippen molar-refractivity contribution in [1.82, 2.24) is 5.32 Å². The minimum absolute atomic E-state index is 0.275. The molecule has 41 heavy (non-hydrogen) atoms. The van der Waals surface area contributed by atoms with E-state index in [1.807, 2.05) is 0 Å². The lowest BCUT2D eigenvalue weighted by Crippen LogP contribution is -2.50. The largest absolute Gasteiger partial charge is 0.387 e. The number of amides is 1. The summed E-state index contributed by atoms with van der Waals surface area (Å²) < 4.78 is 32.2. The van der Waals surface area contributed by atoms with Crippen LogP contribution in [-0.4, -0.2) is 53.1 Å². The van der Waals surface area contributed by atoms with Gasteiger partial charge in [0.1, 0.15) is 6.10 Å². The van der Waals surface area contributed by atoms with Gasteiger partial charge in [-0.05, 0) is 32.1 Å². The molecule has 0 radical (unpaired) electrons. The molecule has 0 heterocycles. The Morgan fingerprint density at radius 2 is 1.10 bits per heavy atom. The number of nitrogens with one attached hydrogen (secondary N) is 1. The number of rotatable bonds is 29. The van der Waals surface area contributed by atoms with Crippen LogP contribution in [0.4, 0.5) is 0 Å². The maximum Gasteiger partial charge on any atom is 0.267 e. The zero-order valence-corrected chi connectivity index (χ0v) is 27.1. The molecule has 0 bridgehead atoms. The molecule has 0 saturated heterocycles. The van der Waals surface area contributed by atoms with Crippen LogP contribution in [0.2, 0.25) is 0 Å². The quantitative estimate of drug-likeness (QED) is 0.0394. The minimum atomic E-state index is -4.44. The van der Waals surface area contributed by atoms with E-state index < -0.39 is 40.0 Å². The smallest absolute Gasteiger partial charge is 0.267 e. The zero-order chi connectivity index (χ0) is 30.6. The summed E-state index contributed by atoms with van der Waals surface area (Å²) in [5.41, 5.74) is 0. The number of hydrogen-bond acceptors (Lipinski definition) is 5. The number of carbonyl (C=O) groups is 1. The molecule has 0 spiro atoms. The second-order valence-electron chi connectivity index (χ2n) is 11.6. The van der Waals surface area contributed by atoms with Gasteiger partial charge in [0.15, 0.2) is 0 Å². The highest BCUT2D eigenvalue weighted by Crippen LogP contribution is 2.13. The van der Waals surface area contributed by atoms with Gasteiger partial charge >= 0.3 is 0 Å². The monoisotopic (exact) mass is 601 g/mol. The van der Waals surface area contributed by atoms with Gasteiger partial charge in [-0.1, -0.05) is 147 Å². The Hall–Kier alpha value is -1.22. The molecule has 0 aromatic heterocycles. The number of aliphatic hydroxyl groups excluding tert-OH is 2. The molecule has 0 aliphatic rings. The Kier molecular flexibility index (Phi) is 26.8. The Bertz CT molecular complexity index is 768. The Labute approximate surface area is 252 Å². The van der Waals surface area contributed by atoms with Crippen LogP contribution < -0.4 is 5.32 Å². The van der Waals surface area contributed by atoms with Gasteiger partial charge in [-0.2, -0.15) is 8.42 Å². The molecule has 0 fully saturated rings. The Morgan fingerprint density at radius 3 is 1.61 bits per heavy atom. The topological polar surface area (TPSA) is 124 Å². The standard InChI is InChI=1S/C33H63NO6S/c1-3-5-7-9-11-13-14-15-16-17-18-19-20-22-23-25-27-31(35)30(29-41(38,39)40)34-33(37)32(36)28-26-24-21-12-10-8-6-4-2/h19-20,25,27,30-32,35-36H,3-18,21-24,26,28-29H2,1-2H3,(H,34,37)(H,38,39,40)/b20-19+,27-25+. The molecular formula is C33H63NO6S. The van der Waals surface area contributed by atoms with Crippen LogP contribution in [0.5, 0.6) is 0 Å². The van der Waals surface area contributed by atoms with E-state index in [0.29, 0.717) is 12.8 Å². The van der Waals surface area contributed by atoms with Crippen LogP contribution in [0.15, 0.2) is 24.3 Å². The highest BCUT2D eigenvalue weighted by molar-refractivity contribution is 7.85. The second-order valence-corrected chi connectivity index (χ2v) is 13.1. The maximum atomic E-state index is 12.4. The molecule has 1 amide bonds. The second kappa shape index (κ2) is 27.6. The first-order valence-corrected chi connectivity index (χ1v) is 18.3. The van der Waals surface area contributed by atoms with Gasteiger partial charge < -0.3 is 15.5 Å². The summed E-state index contributed by atoms with van der Waals surface area (Å²) >= 11 is 0. The molecule has 242 valence electrons. The molecule has 0 aliphatic heterocycles. The predicted molar refractivity (Wildman–Crippen MR) is 172 cm³/mol. The molecule has 3 atom stereocenters. The van der Waals surface area contributed by atoms with Gasteiger partial charge in [0.25, 0.3) is 10.1 Å². The first kappa shape index (κ1) is 39.8. The molecule has 8 heteroatoms. The van der Waals surface area contributed by atoms with Crippen molar-refractivity contribution in [2.75, 3.05) is 5.75 Å². The van der Waals surface area contributed by atoms with Crippen molar-refractivity contribution >= 4 is 16.0 Å². The van der Waals surface area contributed by atoms with E-state index in [9.17, 15) is 28.0 Å². The van der Waals surface area contributed by atoms with E-state index in [1.54, 1.807) is 6.08 Å². The third kappa shape index (κ3) is 27.4. The van der Waals surface area contributed by atoms with Crippen molar-refractivity contribution in [3.8, 4) is 0 Å². The average Bonchev–Trinajstić information content (AvgIpc) is 2.92. The van der Waals surface area contributed by atoms with Gasteiger partial charge in [-0.15, -0.1) is 0 Å². The fourth-order valence-electron chi connectivity index (χ4n) is 4.88. The average molecular weight is 602 g/mol. The molecule has 0 aliphatic carbocycles. The third-order valence-corrected chi connectivity index (χ3v) is 8.27. The van der Waals surface area contributed by atoms with Gasteiger partial charge in [0, 0.05) is 0 Å². The van der Waals surface area contributed by atoms with E-state index in [-0.39, 0.29) is 6.42 Å². The molecule has 7 nitrogen and oxygen atoms in total. The van der Waals surface area contributed by atoms with Crippen LogP contribution in [-0.2, 0) is 14.9 Å². The molecule has 4 N–H and O–H groups in total. The van der Waals surface area contributed by atoms with Gasteiger partial charge in [0.2, 0.25) is 5.91 Å². The maximum absolute atomic E-state index is 12.4. The number of carbonyl (C=O) groups excluding carboxylic acids is 1. The van der Waals surface area contributed by atoms with Crippen LogP contribution in [0.3, 0.4) is 0 Å². The summed E-state index contributed by atoms with van der Waals surface area (Å²) in [6.07, 6.45) is 29.7. The van der Waals surface area contributed by atoms with E-state index in [4.69, 9.17) is 0 Å². The first-order valence-electron chi connectivity index (χ1n) is 16.6. The highest BCUT2D eigenvalue weighted by Gasteiger charge is 2.27. The first-order chi connectivity index (χ1) is 19.7. The Balaban J connectivity index is 4.22. The molecule has 0 aromatic rings. The SMILES string of the molecule is CCCCCCCCCCCC/C=C/CC/C=C/C(O)C(CS(=O)(=O)O)NC(=O)C(O)CCCCCCCCCC. The fourth-order valence-corrected chi connectivity index (χ4v) is 5.62. The highest BCUT2D eigenvalue weighted by atomic mass is 32.2. The minimum Gasteiger partial charge on any atom is -0.387 e. The fraction of sp³-hybridized carbons (Fsp3) is 0.848. The van der Waals surface area contributed by atoms with E-state index in [1.165, 1.54) is 96.0 Å². The summed E-state index contributed by atoms with van der Waals surface area (Å²) in [5.74, 6) is -1.56. The molecule has 0 aromatic carbocycles. The van der Waals surface area contributed by atoms with Crippen molar-refractivity contribution in [3.05, 3.63) is 24.3 Å². The number of aliphatic hydroxyl groups is 2. The number of hydrogen-bond donors (Lipinski definition) is 4. The summed E-state index contributed by atoms with van der Waals surface area (Å²) in [4.78, 5) is 12.4. The van der Waals surface area contributed by atoms with Crippen LogP contribution in [0.25, 0.3) is 0 Å². The lowest BCUT2D eigenvalue weighted by atomic mass is 10.0. The van der Waals surface area contributed by atoms with Crippen molar-refractivity contribution in [2.45, 2.75) is 173 Å². The normalized spacial score (nSPS) is 14.6. The number of allylic oxidation sites excluding steroid dienone is 3. The van der Waals surface area contributed by atoms with Crippen molar-refractivity contribution in [1.29, 1.82) is 0 Å². The van der Waals surface area contributed by atoms with E-state index in [0.717, 1.165) is 32.1 Å². The lowest BCUT2D eigenvalue weighted by molar-refractivity contribution is -0.130. The third-order valence-electron chi connectivity index (χ3n) is 7.49. The molecule has 0 saturated carbocycles. The zero-order valence-electron chi connectivity index (χ0n) is 26.3. The summed E-state index contributed by atoms with van der Waals surface area (Å²) in [6, 6.07) is -1.24. The van der Waals surface area contributed by atoms with Crippen molar-refractivity contribution < 1.29 is 28.0 Å². The van der Waals surface area contributed by atoms with Crippen LogP contribution in [0, 0.1) is 0 Å². The Morgan fingerprint density at radius 1 is 0.659 bits per heavy atom. The van der Waals surface area contributed by atoms with Gasteiger partial charge in [-0.25, -0.2) is 0 Å². The molecule has 0 rings (SSSR count). The van der Waals surface area contributed by atoms with Crippen molar-refractivity contribution in [2.24, 2.45) is 0 Å². The number of unbranched alkanes of at least 4 members (excludes halogenated alkanes) is 18. The summed E-state index contributed by atoms with van der Waals surface area (Å²) in [5, 5.41) is 23.1. The van der Waals surface area contributed by atoms with Crippen LogP contribution in [0.1, 0.15) is 155 Å². The van der Waals surface area contributed by atoms with E-state index in [2.05, 4.69) is 31.3 Å². The predicted octanol–water partition coefficient (Wildman–Crippen LogP) is 7.82. The van der Waals surface area contributed by atoms with Crippen molar-refractivity contribution in [3.63, 3.8) is 0 Å². The molecule has 3 unspecified atom stereocenters. The van der Waals surface area contributed by atoms with E-state index >= 15 is 0 Å². The lowest BCUT2D eigenvalue weighted by Gasteiger charge is -2.22. The summed E-state index contributed by atoms with van der Waals surface area (Å²) in [7, 11) is -4.44. The summed E-state index contributed by atoms with van der Waals surface area (Å²) in [6.45, 7) is 4.43. The van der Waals surface area contributed by atoms with Crippen LogP contribution >= 0.6 is 0 Å². The molecular weight excluding hydrogens is 538 g/mol. The van der Waals surface area contributed by atoms with Gasteiger partial charge in [0.05, 0.1) is 17.9 Å². The van der Waals surface area contributed by atoms with Gasteiger partial charge in [-0.3, -0.25) is 9.35 Å².